The number of rotatable bonds is 8. The Morgan fingerprint density at radius 3 is 2.26 bits per heavy atom. The van der Waals surface area contributed by atoms with E-state index >= 15 is 0 Å². The second-order valence-electron chi connectivity index (χ2n) is 6.60. The van der Waals surface area contributed by atoms with Gasteiger partial charge in [0.2, 0.25) is 0 Å². The lowest BCUT2D eigenvalue weighted by Crippen LogP contribution is -2.22. The maximum Gasteiger partial charge on any atom is 0.287 e. The predicted octanol–water partition coefficient (Wildman–Crippen LogP) is 5.51. The predicted molar refractivity (Wildman–Crippen MR) is 112 cm³/mol. The molecule has 0 aliphatic carbocycles. The summed E-state index contributed by atoms with van der Waals surface area (Å²) >= 11 is 1.78. The molecule has 0 bridgehead atoms. The normalized spacial score (nSPS) is 10.7. The molecule has 2 aromatic carbocycles. The largest absolute Gasteiger partial charge is 0.455 e. The van der Waals surface area contributed by atoms with Gasteiger partial charge in [0, 0.05) is 12.3 Å². The van der Waals surface area contributed by atoms with Gasteiger partial charge in [0.05, 0.1) is 5.75 Å². The van der Waals surface area contributed by atoms with Crippen LogP contribution in [0.15, 0.2) is 65.1 Å². The number of nitrogens with one attached hydrogen (secondary N) is 1. The zero-order valence-corrected chi connectivity index (χ0v) is 16.6. The molecule has 3 rings (SSSR count). The highest BCUT2D eigenvalue weighted by atomic mass is 32.2. The quantitative estimate of drug-likeness (QED) is 0.561. The number of aryl methyl sites for hydroxylation is 2. The number of amides is 1. The van der Waals surface area contributed by atoms with E-state index < -0.39 is 0 Å². The summed E-state index contributed by atoms with van der Waals surface area (Å²) in [7, 11) is 0. The summed E-state index contributed by atoms with van der Waals surface area (Å²) in [5.41, 5.74) is 4.95. The molecule has 1 aromatic heterocycles. The van der Waals surface area contributed by atoms with Crippen molar-refractivity contribution in [1.29, 1.82) is 0 Å². The van der Waals surface area contributed by atoms with Crippen molar-refractivity contribution in [2.24, 2.45) is 0 Å². The minimum Gasteiger partial charge on any atom is -0.455 e. The number of benzene rings is 2. The third-order valence-electron chi connectivity index (χ3n) is 4.40. The van der Waals surface area contributed by atoms with E-state index in [9.17, 15) is 4.79 Å². The number of carbonyl (C=O) groups is 1. The Hall–Kier alpha value is -2.46. The van der Waals surface area contributed by atoms with Crippen LogP contribution in [0.4, 0.5) is 0 Å². The van der Waals surface area contributed by atoms with Crippen LogP contribution in [-0.2, 0) is 24.5 Å². The molecule has 0 fully saturated rings. The molecule has 27 heavy (non-hydrogen) atoms. The van der Waals surface area contributed by atoms with Crippen LogP contribution >= 0.6 is 11.8 Å². The van der Waals surface area contributed by atoms with Crippen LogP contribution in [0.1, 0.15) is 45.5 Å². The average Bonchev–Trinajstić information content (AvgIpc) is 3.17. The van der Waals surface area contributed by atoms with E-state index in [0.29, 0.717) is 12.3 Å². The molecule has 3 nitrogen and oxygen atoms in total. The van der Waals surface area contributed by atoms with Crippen LogP contribution in [0.5, 0.6) is 0 Å². The van der Waals surface area contributed by atoms with Crippen molar-refractivity contribution < 1.29 is 9.21 Å². The molecule has 4 heteroatoms. The van der Waals surface area contributed by atoms with E-state index in [-0.39, 0.29) is 5.91 Å². The van der Waals surface area contributed by atoms with Crippen LogP contribution in [-0.4, -0.2) is 5.91 Å². The Morgan fingerprint density at radius 1 is 0.889 bits per heavy atom. The van der Waals surface area contributed by atoms with E-state index in [1.165, 1.54) is 16.7 Å². The SMILES string of the molecule is CCc1ccc(CNC(=O)c2ccc(CSCc3ccc(C)cc3)o2)cc1. The van der Waals surface area contributed by atoms with Crippen molar-refractivity contribution in [2.75, 3.05) is 0 Å². The Bertz CT molecular complexity index is 866. The second kappa shape index (κ2) is 9.47. The van der Waals surface area contributed by atoms with Gasteiger partial charge in [-0.05, 0) is 42.2 Å². The van der Waals surface area contributed by atoms with E-state index in [2.05, 4.69) is 55.6 Å². The van der Waals surface area contributed by atoms with Crippen molar-refractivity contribution in [3.05, 3.63) is 94.4 Å². The minimum absolute atomic E-state index is 0.177. The zero-order valence-electron chi connectivity index (χ0n) is 15.8. The van der Waals surface area contributed by atoms with Crippen LogP contribution in [0.25, 0.3) is 0 Å². The van der Waals surface area contributed by atoms with Gasteiger partial charge in [0.25, 0.3) is 5.91 Å². The molecule has 3 aromatic rings. The fourth-order valence-corrected chi connectivity index (χ4v) is 3.58. The molecular weight excluding hydrogens is 354 g/mol. The van der Waals surface area contributed by atoms with Crippen LogP contribution in [0.2, 0.25) is 0 Å². The highest BCUT2D eigenvalue weighted by Gasteiger charge is 2.11. The van der Waals surface area contributed by atoms with Crippen molar-refractivity contribution in [2.45, 2.75) is 38.3 Å². The first kappa shape index (κ1) is 19.3. The molecule has 1 heterocycles. The maximum atomic E-state index is 12.3. The average molecular weight is 380 g/mol. The van der Waals surface area contributed by atoms with E-state index in [1.54, 1.807) is 17.8 Å². The Morgan fingerprint density at radius 2 is 1.56 bits per heavy atom. The molecule has 0 spiro atoms. The number of carbonyl (C=O) groups excluding carboxylic acids is 1. The van der Waals surface area contributed by atoms with Gasteiger partial charge in [0.15, 0.2) is 5.76 Å². The first-order valence-electron chi connectivity index (χ1n) is 9.22. The lowest BCUT2D eigenvalue weighted by molar-refractivity contribution is 0.0922. The minimum atomic E-state index is -0.177. The molecular formula is C23H25NO2S. The lowest BCUT2D eigenvalue weighted by atomic mass is 10.1. The fraction of sp³-hybridized carbons (Fsp3) is 0.261. The van der Waals surface area contributed by atoms with E-state index in [1.807, 2.05) is 18.2 Å². The lowest BCUT2D eigenvalue weighted by Gasteiger charge is -2.05. The van der Waals surface area contributed by atoms with Gasteiger partial charge in [0.1, 0.15) is 5.76 Å². The summed E-state index contributed by atoms with van der Waals surface area (Å²) in [4.78, 5) is 12.3. The van der Waals surface area contributed by atoms with Gasteiger partial charge in [-0.15, -0.1) is 11.8 Å². The Labute approximate surface area is 165 Å². The van der Waals surface area contributed by atoms with Crippen molar-refractivity contribution >= 4 is 17.7 Å². The van der Waals surface area contributed by atoms with Gasteiger partial charge < -0.3 is 9.73 Å². The van der Waals surface area contributed by atoms with Crippen LogP contribution < -0.4 is 5.32 Å². The van der Waals surface area contributed by atoms with Gasteiger partial charge >= 0.3 is 0 Å². The second-order valence-corrected chi connectivity index (χ2v) is 7.58. The van der Waals surface area contributed by atoms with Gasteiger partial charge in [-0.3, -0.25) is 4.79 Å². The fourth-order valence-electron chi connectivity index (χ4n) is 2.69. The van der Waals surface area contributed by atoms with Crippen molar-refractivity contribution in [1.82, 2.24) is 5.32 Å². The number of hydrogen-bond acceptors (Lipinski definition) is 3. The summed E-state index contributed by atoms with van der Waals surface area (Å²) in [6.45, 7) is 4.72. The molecule has 140 valence electrons. The van der Waals surface area contributed by atoms with Crippen LogP contribution in [0, 0.1) is 6.92 Å². The van der Waals surface area contributed by atoms with Crippen molar-refractivity contribution in [3.8, 4) is 0 Å². The number of hydrogen-bond donors (Lipinski definition) is 1. The smallest absolute Gasteiger partial charge is 0.287 e. The van der Waals surface area contributed by atoms with Gasteiger partial charge in [-0.1, -0.05) is 61.0 Å². The molecule has 0 radical (unpaired) electrons. The molecule has 0 saturated heterocycles. The van der Waals surface area contributed by atoms with E-state index in [4.69, 9.17) is 4.42 Å². The summed E-state index contributed by atoms with van der Waals surface area (Å²) in [6.07, 6.45) is 1.02. The summed E-state index contributed by atoms with van der Waals surface area (Å²) in [5.74, 6) is 2.69. The zero-order chi connectivity index (χ0) is 19.1. The Kier molecular flexibility index (Phi) is 6.77. The summed E-state index contributed by atoms with van der Waals surface area (Å²) < 4.78 is 5.69. The molecule has 0 saturated carbocycles. The van der Waals surface area contributed by atoms with Crippen molar-refractivity contribution in [3.63, 3.8) is 0 Å². The summed E-state index contributed by atoms with van der Waals surface area (Å²) in [5, 5.41) is 2.91. The monoisotopic (exact) mass is 379 g/mol. The third kappa shape index (κ3) is 5.76. The first-order valence-corrected chi connectivity index (χ1v) is 10.4. The molecule has 1 N–H and O–H groups in total. The highest BCUT2D eigenvalue weighted by molar-refractivity contribution is 7.97. The van der Waals surface area contributed by atoms with Gasteiger partial charge in [-0.2, -0.15) is 0 Å². The van der Waals surface area contributed by atoms with Gasteiger partial charge in [-0.25, -0.2) is 0 Å². The number of furan rings is 1. The maximum absolute atomic E-state index is 12.3. The molecule has 0 aliphatic rings. The molecule has 1 amide bonds. The highest BCUT2D eigenvalue weighted by Crippen LogP contribution is 2.20. The van der Waals surface area contributed by atoms with Crippen LogP contribution in [0.3, 0.4) is 0 Å². The summed E-state index contributed by atoms with van der Waals surface area (Å²) in [6, 6.07) is 20.5. The Balaban J connectivity index is 1.45. The third-order valence-corrected chi connectivity index (χ3v) is 5.43. The number of thioether (sulfide) groups is 1. The molecule has 0 unspecified atom stereocenters. The standard InChI is InChI=1S/C23H25NO2S/c1-3-18-8-10-19(11-9-18)14-24-23(25)22-13-12-21(26-22)16-27-15-20-6-4-17(2)5-7-20/h4-13H,3,14-16H2,1-2H3,(H,24,25). The first-order chi connectivity index (χ1) is 13.1. The molecule has 0 atom stereocenters. The topological polar surface area (TPSA) is 42.2 Å². The van der Waals surface area contributed by atoms with E-state index in [0.717, 1.165) is 29.3 Å². The molecule has 0 aliphatic heterocycles.